The second-order valence-electron chi connectivity index (χ2n) is 6.68. The maximum Gasteiger partial charge on any atom is 0.490 e. The van der Waals surface area contributed by atoms with Crippen LogP contribution in [-0.4, -0.2) is 50.2 Å². The molecule has 3 N–H and O–H groups in total. The second kappa shape index (κ2) is 9.40. The van der Waals surface area contributed by atoms with Crippen LogP contribution in [0.3, 0.4) is 0 Å². The summed E-state index contributed by atoms with van der Waals surface area (Å²) in [5.74, 6) is -1.03. The number of nitrogens with zero attached hydrogens (tertiary/aromatic N) is 3. The van der Waals surface area contributed by atoms with E-state index in [1.54, 1.807) is 0 Å². The number of hydrogen-bond acceptors (Lipinski definition) is 9. The number of halogens is 4. The first-order valence-electron chi connectivity index (χ1n) is 9.13. The number of aromatic hydroxyl groups is 1. The summed E-state index contributed by atoms with van der Waals surface area (Å²) in [4.78, 5) is 21.5. The van der Waals surface area contributed by atoms with Gasteiger partial charge in [-0.3, -0.25) is 0 Å². The van der Waals surface area contributed by atoms with E-state index in [4.69, 9.17) is 35.7 Å². The Bertz CT molecular complexity index is 1190. The molecule has 3 aromatic rings. The third-order valence-electron chi connectivity index (χ3n) is 3.89. The minimum absolute atomic E-state index is 0.0531. The molecule has 176 valence electrons. The molecule has 0 saturated heterocycles. The third kappa shape index (κ3) is 5.55. The lowest BCUT2D eigenvalue weighted by molar-refractivity contribution is -0.192. The molecule has 0 spiro atoms. The van der Waals surface area contributed by atoms with Crippen LogP contribution in [0.25, 0.3) is 10.9 Å². The van der Waals surface area contributed by atoms with E-state index in [0.717, 1.165) is 0 Å². The van der Waals surface area contributed by atoms with Crippen LogP contribution in [0.2, 0.25) is 5.02 Å². The summed E-state index contributed by atoms with van der Waals surface area (Å²) in [6, 6.07) is 3.06. The molecule has 0 amide bonds. The van der Waals surface area contributed by atoms with Gasteiger partial charge in [0.15, 0.2) is 0 Å². The van der Waals surface area contributed by atoms with Crippen molar-refractivity contribution in [1.82, 2.24) is 15.0 Å². The fourth-order valence-corrected chi connectivity index (χ4v) is 2.83. The van der Waals surface area contributed by atoms with Gasteiger partial charge in [-0.05, 0) is 13.8 Å². The number of benzene rings is 1. The smallest absolute Gasteiger partial charge is 0.490 e. The van der Waals surface area contributed by atoms with Crippen LogP contribution in [0.15, 0.2) is 24.7 Å². The Morgan fingerprint density at radius 1 is 1.24 bits per heavy atom. The maximum atomic E-state index is 10.6. The Balaban J connectivity index is 0.000000383. The topological polar surface area (TPSA) is 136 Å². The molecule has 0 radical (unpaired) electrons. The first-order chi connectivity index (χ1) is 15.5. The first-order valence-corrected chi connectivity index (χ1v) is 9.50. The summed E-state index contributed by atoms with van der Waals surface area (Å²) in [5, 5.41) is 21.2. The molecule has 33 heavy (non-hydrogen) atoms. The average Bonchev–Trinajstić information content (AvgIpc) is 3.18. The highest BCUT2D eigenvalue weighted by molar-refractivity contribution is 6.33. The number of aromatic nitrogens is 3. The van der Waals surface area contributed by atoms with Crippen LogP contribution < -0.4 is 19.5 Å². The monoisotopic (exact) mass is 488 g/mol. The molecule has 3 heterocycles. The fourth-order valence-electron chi connectivity index (χ4n) is 2.65. The van der Waals surface area contributed by atoms with E-state index >= 15 is 0 Å². The largest absolute Gasteiger partial charge is 0.508 e. The van der Waals surface area contributed by atoms with Gasteiger partial charge in [0.25, 0.3) is 5.88 Å². The lowest BCUT2D eigenvalue weighted by atomic mass is 10.2. The summed E-state index contributed by atoms with van der Waals surface area (Å²) in [5.41, 5.74) is 1.01. The Morgan fingerprint density at radius 3 is 2.58 bits per heavy atom. The van der Waals surface area contributed by atoms with Crippen LogP contribution >= 0.6 is 11.6 Å². The molecule has 0 aliphatic carbocycles. The van der Waals surface area contributed by atoms with Crippen molar-refractivity contribution in [3.05, 3.63) is 29.7 Å². The molecule has 1 aliphatic heterocycles. The number of anilines is 2. The van der Waals surface area contributed by atoms with E-state index < -0.39 is 12.1 Å². The highest BCUT2D eigenvalue weighted by Gasteiger charge is 2.38. The molecular formula is C19H16ClF3N4O6. The summed E-state index contributed by atoms with van der Waals surface area (Å²) >= 11 is 6.28. The fraction of sp³-hybridized carbons (Fsp3) is 0.263. The number of hydrogen-bond donors (Lipinski definition) is 3. The number of carboxylic acid groups (broad SMARTS) is 1. The van der Waals surface area contributed by atoms with Gasteiger partial charge in [0.05, 0.1) is 28.2 Å². The molecule has 0 bridgehead atoms. The number of phenolic OH excluding ortho intramolecular Hbond substituents is 1. The lowest BCUT2D eigenvalue weighted by Gasteiger charge is -2.16. The van der Waals surface area contributed by atoms with E-state index in [1.807, 2.05) is 13.8 Å². The SMILES string of the molecule is CC(C)Oc1cc(O)cc2ncnc(Nc3c(Cl)cnc4c3OCO4)c12.O=C(O)C(F)(F)F. The quantitative estimate of drug-likeness (QED) is 0.488. The van der Waals surface area contributed by atoms with E-state index in [2.05, 4.69) is 20.3 Å². The van der Waals surface area contributed by atoms with Crippen molar-refractivity contribution in [2.75, 3.05) is 12.1 Å². The molecular weight excluding hydrogens is 473 g/mol. The Morgan fingerprint density at radius 2 is 1.94 bits per heavy atom. The molecule has 1 aromatic carbocycles. The lowest BCUT2D eigenvalue weighted by Crippen LogP contribution is -2.21. The number of rotatable bonds is 4. The molecule has 0 unspecified atom stereocenters. The zero-order valence-electron chi connectivity index (χ0n) is 17.0. The van der Waals surface area contributed by atoms with E-state index in [-0.39, 0.29) is 18.6 Å². The number of aliphatic carboxylic acids is 1. The van der Waals surface area contributed by atoms with Gasteiger partial charge >= 0.3 is 12.1 Å². The number of alkyl halides is 3. The van der Waals surface area contributed by atoms with Gasteiger partial charge in [-0.25, -0.2) is 19.7 Å². The predicted octanol–water partition coefficient (Wildman–Crippen LogP) is 4.28. The molecule has 14 heteroatoms. The van der Waals surface area contributed by atoms with E-state index in [9.17, 15) is 18.3 Å². The summed E-state index contributed by atoms with van der Waals surface area (Å²) in [6.07, 6.45) is -2.33. The van der Waals surface area contributed by atoms with Gasteiger partial charge in [-0.15, -0.1) is 0 Å². The van der Waals surface area contributed by atoms with Gasteiger partial charge < -0.3 is 29.7 Å². The van der Waals surface area contributed by atoms with Gasteiger partial charge in [0.1, 0.15) is 29.3 Å². The normalized spacial score (nSPS) is 12.3. The van der Waals surface area contributed by atoms with Gasteiger partial charge in [0, 0.05) is 12.1 Å². The van der Waals surface area contributed by atoms with Crippen molar-refractivity contribution in [3.63, 3.8) is 0 Å². The number of carbonyl (C=O) groups is 1. The Kier molecular flexibility index (Phi) is 6.81. The molecule has 0 fully saturated rings. The predicted molar refractivity (Wildman–Crippen MR) is 109 cm³/mol. The third-order valence-corrected chi connectivity index (χ3v) is 4.18. The number of phenols is 1. The molecule has 1 aliphatic rings. The molecule has 0 saturated carbocycles. The zero-order valence-corrected chi connectivity index (χ0v) is 17.7. The number of nitrogens with one attached hydrogen (secondary N) is 1. The number of pyridine rings is 1. The minimum atomic E-state index is -5.08. The van der Waals surface area contributed by atoms with Crippen molar-refractivity contribution in [3.8, 4) is 23.1 Å². The highest BCUT2D eigenvalue weighted by atomic mass is 35.5. The van der Waals surface area contributed by atoms with Gasteiger partial charge in [-0.2, -0.15) is 13.2 Å². The molecule has 4 rings (SSSR count). The number of fused-ring (bicyclic) bond motifs is 2. The maximum absolute atomic E-state index is 10.6. The minimum Gasteiger partial charge on any atom is -0.508 e. The van der Waals surface area contributed by atoms with Crippen molar-refractivity contribution < 1.29 is 42.4 Å². The number of carboxylic acids is 1. The Hall–Kier alpha value is -3.74. The summed E-state index contributed by atoms with van der Waals surface area (Å²) < 4.78 is 48.3. The van der Waals surface area contributed by atoms with Crippen LogP contribution in [0.1, 0.15) is 13.8 Å². The standard InChI is InChI=1S/C17H15ClN4O4.C2HF3O2/c1-8(2)26-12-4-9(23)3-11-13(12)16(21-6-20-11)22-14-10(18)5-19-17-15(14)24-7-25-17;3-2(4,5)1(6)7/h3-6,8,23H,7H2,1-2H3,(H,19,20,21,22);(H,6,7). The molecule has 2 aromatic heterocycles. The first kappa shape index (κ1) is 23.9. The van der Waals surface area contributed by atoms with Gasteiger partial charge in [-0.1, -0.05) is 11.6 Å². The van der Waals surface area contributed by atoms with Crippen LogP contribution in [-0.2, 0) is 4.79 Å². The second-order valence-corrected chi connectivity index (χ2v) is 7.08. The van der Waals surface area contributed by atoms with Crippen molar-refractivity contribution in [2.24, 2.45) is 0 Å². The van der Waals surface area contributed by atoms with Crippen LogP contribution in [0, 0.1) is 0 Å². The highest BCUT2D eigenvalue weighted by Crippen LogP contribution is 2.44. The van der Waals surface area contributed by atoms with Crippen LogP contribution in [0.4, 0.5) is 24.7 Å². The van der Waals surface area contributed by atoms with E-state index in [0.29, 0.717) is 44.8 Å². The zero-order chi connectivity index (χ0) is 24.3. The number of ether oxygens (including phenoxy) is 3. The van der Waals surface area contributed by atoms with Crippen LogP contribution in [0.5, 0.6) is 23.1 Å². The molecule has 10 nitrogen and oxygen atoms in total. The van der Waals surface area contributed by atoms with Crippen molar-refractivity contribution in [1.29, 1.82) is 0 Å². The summed E-state index contributed by atoms with van der Waals surface area (Å²) in [7, 11) is 0. The molecule has 0 atom stereocenters. The van der Waals surface area contributed by atoms with Gasteiger partial charge in [0.2, 0.25) is 12.5 Å². The van der Waals surface area contributed by atoms with Crippen molar-refractivity contribution in [2.45, 2.75) is 26.1 Å². The van der Waals surface area contributed by atoms with Crippen molar-refractivity contribution >= 4 is 40.0 Å². The summed E-state index contributed by atoms with van der Waals surface area (Å²) in [6.45, 7) is 3.85. The Labute approximate surface area is 188 Å². The average molecular weight is 489 g/mol. The van der Waals surface area contributed by atoms with E-state index in [1.165, 1.54) is 24.7 Å².